The van der Waals surface area contributed by atoms with Gasteiger partial charge in [0.15, 0.2) is 0 Å². The fraction of sp³-hybridized carbons (Fsp3) is 0.462. The van der Waals surface area contributed by atoms with Crippen molar-refractivity contribution in [3.8, 4) is 0 Å². The minimum absolute atomic E-state index is 0.304. The molecular weight excluding hydrogens is 274 g/mol. The molecule has 0 saturated carbocycles. The zero-order chi connectivity index (χ0) is 15.0. The molecule has 0 bridgehead atoms. The summed E-state index contributed by atoms with van der Waals surface area (Å²) in [6.07, 6.45) is 4.60. The van der Waals surface area contributed by atoms with E-state index in [1.54, 1.807) is 0 Å². The molecule has 8 nitrogen and oxygen atoms in total. The Bertz CT molecular complexity index is 711. The molecule has 2 aromatic rings. The summed E-state index contributed by atoms with van der Waals surface area (Å²) in [5.41, 5.74) is 1.09. The molecule has 0 aliphatic carbocycles. The molecule has 0 radical (unpaired) electrons. The number of rotatable bonds is 3. The van der Waals surface area contributed by atoms with Gasteiger partial charge in [0.25, 0.3) is 11.7 Å². The van der Waals surface area contributed by atoms with Gasteiger partial charge >= 0.3 is 5.97 Å². The summed E-state index contributed by atoms with van der Waals surface area (Å²) in [4.78, 5) is 33.4. The number of carboxylic acid groups (broad SMARTS) is 1. The summed E-state index contributed by atoms with van der Waals surface area (Å²) < 4.78 is 1.53. The first-order valence-corrected chi connectivity index (χ1v) is 6.85. The number of carbonyl (C=O) groups is 2. The van der Waals surface area contributed by atoms with Crippen molar-refractivity contribution < 1.29 is 14.7 Å². The van der Waals surface area contributed by atoms with Gasteiger partial charge in [-0.1, -0.05) is 6.92 Å². The standard InChI is InChI=1S/C13H15N5O3/c1-2-9-8(6-14-13-15-7-16-18(9)13)11(19)17-5-3-4-10(17)12(20)21/h6-7,10H,2-5H2,1H3,(H,20,21)/t10-/m1/s1. The molecular formula is C13H15N5O3. The maximum Gasteiger partial charge on any atom is 0.326 e. The van der Waals surface area contributed by atoms with E-state index in [0.717, 1.165) is 0 Å². The van der Waals surface area contributed by atoms with Crippen molar-refractivity contribution in [1.29, 1.82) is 0 Å². The van der Waals surface area contributed by atoms with E-state index in [1.807, 2.05) is 6.92 Å². The van der Waals surface area contributed by atoms with Crippen LogP contribution in [-0.2, 0) is 11.2 Å². The summed E-state index contributed by atoms with van der Waals surface area (Å²) in [5.74, 6) is -0.838. The first kappa shape index (κ1) is 13.5. The molecule has 8 heteroatoms. The van der Waals surface area contributed by atoms with E-state index in [-0.39, 0.29) is 5.91 Å². The van der Waals surface area contributed by atoms with E-state index in [9.17, 15) is 14.7 Å². The second-order valence-corrected chi connectivity index (χ2v) is 4.94. The van der Waals surface area contributed by atoms with Crippen LogP contribution in [0.1, 0.15) is 35.8 Å². The maximum absolute atomic E-state index is 12.7. The molecule has 1 N–H and O–H groups in total. The second kappa shape index (κ2) is 5.12. The number of hydrogen-bond acceptors (Lipinski definition) is 5. The first-order valence-electron chi connectivity index (χ1n) is 6.85. The van der Waals surface area contributed by atoms with Crippen LogP contribution in [0.3, 0.4) is 0 Å². The van der Waals surface area contributed by atoms with E-state index < -0.39 is 12.0 Å². The van der Waals surface area contributed by atoms with Crippen LogP contribution in [0.25, 0.3) is 5.78 Å². The van der Waals surface area contributed by atoms with Crippen molar-refractivity contribution in [2.75, 3.05) is 6.54 Å². The monoisotopic (exact) mass is 289 g/mol. The van der Waals surface area contributed by atoms with Crippen molar-refractivity contribution in [3.05, 3.63) is 23.8 Å². The summed E-state index contributed by atoms with van der Waals surface area (Å²) in [6, 6.07) is -0.756. The fourth-order valence-electron chi connectivity index (χ4n) is 2.76. The molecule has 1 aliphatic rings. The van der Waals surface area contributed by atoms with Gasteiger partial charge in [-0.05, 0) is 19.3 Å². The van der Waals surface area contributed by atoms with Crippen molar-refractivity contribution in [2.24, 2.45) is 0 Å². The number of aliphatic carboxylic acids is 1. The number of carboxylic acids is 1. The molecule has 0 aromatic carbocycles. The number of amides is 1. The van der Waals surface area contributed by atoms with Crippen molar-refractivity contribution in [2.45, 2.75) is 32.2 Å². The highest BCUT2D eigenvalue weighted by Gasteiger charge is 2.35. The number of likely N-dealkylation sites (tertiary alicyclic amines) is 1. The van der Waals surface area contributed by atoms with Crippen LogP contribution in [0.15, 0.2) is 12.5 Å². The summed E-state index contributed by atoms with van der Waals surface area (Å²) in [5, 5.41) is 13.3. The SMILES string of the molecule is CCc1c(C(=O)N2CCC[C@@H]2C(=O)O)cnc2ncnn12. The third-order valence-electron chi connectivity index (χ3n) is 3.77. The van der Waals surface area contributed by atoms with Crippen LogP contribution in [0.4, 0.5) is 0 Å². The molecule has 0 spiro atoms. The summed E-state index contributed by atoms with van der Waals surface area (Å²) in [7, 11) is 0. The highest BCUT2D eigenvalue weighted by Crippen LogP contribution is 2.22. The Morgan fingerprint density at radius 3 is 2.95 bits per heavy atom. The van der Waals surface area contributed by atoms with E-state index in [0.29, 0.717) is 42.8 Å². The van der Waals surface area contributed by atoms with Gasteiger partial charge in [-0.15, -0.1) is 0 Å². The Hall–Kier alpha value is -2.51. The zero-order valence-corrected chi connectivity index (χ0v) is 11.6. The van der Waals surface area contributed by atoms with Crippen LogP contribution in [0.2, 0.25) is 0 Å². The first-order chi connectivity index (χ1) is 10.1. The van der Waals surface area contributed by atoms with E-state index in [1.165, 1.54) is 21.9 Å². The predicted octanol–water partition coefficient (Wildman–Crippen LogP) is 0.376. The summed E-state index contributed by atoms with van der Waals surface area (Å²) >= 11 is 0. The molecule has 0 unspecified atom stereocenters. The smallest absolute Gasteiger partial charge is 0.326 e. The largest absolute Gasteiger partial charge is 0.480 e. The molecule has 3 rings (SSSR count). The maximum atomic E-state index is 12.7. The molecule has 3 heterocycles. The number of hydrogen-bond donors (Lipinski definition) is 1. The molecule has 1 saturated heterocycles. The lowest BCUT2D eigenvalue weighted by Gasteiger charge is -2.22. The van der Waals surface area contributed by atoms with Gasteiger partial charge in [0.1, 0.15) is 12.4 Å². The van der Waals surface area contributed by atoms with E-state index >= 15 is 0 Å². The zero-order valence-electron chi connectivity index (χ0n) is 11.6. The highest BCUT2D eigenvalue weighted by atomic mass is 16.4. The molecule has 1 amide bonds. The minimum Gasteiger partial charge on any atom is -0.480 e. The van der Waals surface area contributed by atoms with Gasteiger partial charge in [0.2, 0.25) is 0 Å². The molecule has 1 fully saturated rings. The van der Waals surface area contributed by atoms with Gasteiger partial charge < -0.3 is 10.0 Å². The number of aromatic nitrogens is 4. The van der Waals surface area contributed by atoms with Crippen molar-refractivity contribution >= 4 is 17.7 Å². The molecule has 1 atom stereocenters. The van der Waals surface area contributed by atoms with Gasteiger partial charge in [-0.25, -0.2) is 14.3 Å². The highest BCUT2D eigenvalue weighted by molar-refractivity contribution is 5.97. The number of carbonyl (C=O) groups excluding carboxylic acids is 1. The number of fused-ring (bicyclic) bond motifs is 1. The average Bonchev–Trinajstić information content (AvgIpc) is 3.13. The molecule has 1 aliphatic heterocycles. The van der Waals surface area contributed by atoms with Crippen LogP contribution in [0, 0.1) is 0 Å². The van der Waals surface area contributed by atoms with Crippen LogP contribution < -0.4 is 0 Å². The second-order valence-electron chi connectivity index (χ2n) is 4.94. The Morgan fingerprint density at radius 1 is 1.43 bits per heavy atom. The quantitative estimate of drug-likeness (QED) is 0.876. The van der Waals surface area contributed by atoms with Crippen LogP contribution in [-0.4, -0.2) is 54.1 Å². The molecule has 2 aromatic heterocycles. The average molecular weight is 289 g/mol. The number of nitrogens with zero attached hydrogens (tertiary/aromatic N) is 5. The predicted molar refractivity (Wildman–Crippen MR) is 71.9 cm³/mol. The molecule has 110 valence electrons. The Labute approximate surface area is 120 Å². The fourth-order valence-corrected chi connectivity index (χ4v) is 2.76. The van der Waals surface area contributed by atoms with Crippen molar-refractivity contribution in [3.63, 3.8) is 0 Å². The Morgan fingerprint density at radius 2 is 2.24 bits per heavy atom. The van der Waals surface area contributed by atoms with Gasteiger partial charge in [-0.2, -0.15) is 10.1 Å². The van der Waals surface area contributed by atoms with E-state index in [2.05, 4.69) is 15.1 Å². The lowest BCUT2D eigenvalue weighted by molar-refractivity contribution is -0.141. The normalized spacial score (nSPS) is 18.3. The summed E-state index contributed by atoms with van der Waals surface area (Å²) in [6.45, 7) is 2.36. The van der Waals surface area contributed by atoms with Crippen LogP contribution >= 0.6 is 0 Å². The molecule has 21 heavy (non-hydrogen) atoms. The lowest BCUT2D eigenvalue weighted by atomic mass is 10.1. The topological polar surface area (TPSA) is 101 Å². The van der Waals surface area contributed by atoms with Crippen molar-refractivity contribution in [1.82, 2.24) is 24.5 Å². The number of aryl methyl sites for hydroxylation is 1. The third-order valence-corrected chi connectivity index (χ3v) is 3.77. The van der Waals surface area contributed by atoms with Crippen LogP contribution in [0.5, 0.6) is 0 Å². The minimum atomic E-state index is -0.964. The van der Waals surface area contributed by atoms with Gasteiger partial charge in [0, 0.05) is 12.7 Å². The Balaban J connectivity index is 2.03. The van der Waals surface area contributed by atoms with Gasteiger partial charge in [0.05, 0.1) is 11.3 Å². The van der Waals surface area contributed by atoms with E-state index in [4.69, 9.17) is 0 Å². The third kappa shape index (κ3) is 2.12. The Kier molecular flexibility index (Phi) is 3.28. The lowest BCUT2D eigenvalue weighted by Crippen LogP contribution is -2.41. The van der Waals surface area contributed by atoms with Gasteiger partial charge in [-0.3, -0.25) is 4.79 Å².